The maximum Gasteiger partial charge on any atom is 0.269 e. The maximum atomic E-state index is 10.6. The van der Waals surface area contributed by atoms with Gasteiger partial charge >= 0.3 is 0 Å². The second-order valence-corrected chi connectivity index (χ2v) is 5.57. The molecule has 2 rings (SSSR count). The van der Waals surface area contributed by atoms with E-state index >= 15 is 0 Å². The van der Waals surface area contributed by atoms with E-state index in [4.69, 9.17) is 12.2 Å². The Hall–Kier alpha value is -2.48. The summed E-state index contributed by atoms with van der Waals surface area (Å²) in [5.41, 5.74) is 2.87. The van der Waals surface area contributed by atoms with E-state index in [0.717, 1.165) is 17.8 Å². The van der Waals surface area contributed by atoms with E-state index in [1.807, 2.05) is 36.7 Å². The van der Waals surface area contributed by atoms with Crippen LogP contribution in [0, 0.1) is 17.0 Å². The highest BCUT2D eigenvalue weighted by atomic mass is 32.1. The molecule has 0 spiro atoms. The molecule has 0 aliphatic carbocycles. The second-order valence-electron chi connectivity index (χ2n) is 5.19. The summed E-state index contributed by atoms with van der Waals surface area (Å²) in [5, 5.41) is 18.7. The minimum absolute atomic E-state index is 0.0532. The Kier molecular flexibility index (Phi) is 5.28. The van der Waals surface area contributed by atoms with Gasteiger partial charge in [-0.1, -0.05) is 0 Å². The van der Waals surface area contributed by atoms with Crippen LogP contribution < -0.4 is 5.32 Å². The maximum absolute atomic E-state index is 10.6. The molecule has 23 heavy (non-hydrogen) atoms. The average Bonchev–Trinajstić information content (AvgIpc) is 2.88. The van der Waals surface area contributed by atoms with Crippen molar-refractivity contribution >= 4 is 28.7 Å². The number of aryl methyl sites for hydroxylation is 2. The van der Waals surface area contributed by atoms with Crippen LogP contribution in [0.3, 0.4) is 0 Å². The van der Waals surface area contributed by atoms with E-state index < -0.39 is 4.92 Å². The van der Waals surface area contributed by atoms with Gasteiger partial charge in [0.25, 0.3) is 5.69 Å². The first-order valence-electron chi connectivity index (χ1n) is 7.20. The molecule has 1 heterocycles. The Labute approximate surface area is 140 Å². The van der Waals surface area contributed by atoms with Crippen molar-refractivity contribution in [2.45, 2.75) is 26.9 Å². The second kappa shape index (κ2) is 7.19. The van der Waals surface area contributed by atoms with Crippen LogP contribution in [0.5, 0.6) is 0 Å². The van der Waals surface area contributed by atoms with Crippen molar-refractivity contribution in [2.75, 3.05) is 12.4 Å². The van der Waals surface area contributed by atoms with Gasteiger partial charge in [0.15, 0.2) is 5.11 Å². The number of aromatic nitrogens is 2. The number of rotatable bonds is 5. The van der Waals surface area contributed by atoms with Gasteiger partial charge in [0, 0.05) is 49.7 Å². The summed E-state index contributed by atoms with van der Waals surface area (Å²) in [4.78, 5) is 12.1. The van der Waals surface area contributed by atoms with Gasteiger partial charge in [0.1, 0.15) is 0 Å². The third-order valence-electron chi connectivity index (χ3n) is 3.46. The Morgan fingerprint density at radius 2 is 2.09 bits per heavy atom. The molecule has 0 atom stereocenters. The molecule has 0 aliphatic heterocycles. The lowest BCUT2D eigenvalue weighted by Crippen LogP contribution is -2.30. The van der Waals surface area contributed by atoms with E-state index in [2.05, 4.69) is 10.4 Å². The summed E-state index contributed by atoms with van der Waals surface area (Å²) in [7, 11) is 1.89. The summed E-state index contributed by atoms with van der Waals surface area (Å²) < 4.78 is 1.89. The molecule has 0 aliphatic rings. The number of nitro benzene ring substituents is 1. The average molecular weight is 333 g/mol. The fraction of sp³-hybridized carbons (Fsp3) is 0.333. The summed E-state index contributed by atoms with van der Waals surface area (Å²) in [5.74, 6) is 0. The molecule has 7 nitrogen and oxygen atoms in total. The largest absolute Gasteiger partial charge is 0.348 e. The topological polar surface area (TPSA) is 76.2 Å². The summed E-state index contributed by atoms with van der Waals surface area (Å²) in [6, 6.07) is 6.16. The molecule has 0 radical (unpaired) electrons. The molecule has 1 aromatic heterocycles. The Balaban J connectivity index is 1.99. The van der Waals surface area contributed by atoms with Gasteiger partial charge in [-0.3, -0.25) is 14.8 Å². The van der Waals surface area contributed by atoms with Gasteiger partial charge in [-0.05, 0) is 38.2 Å². The lowest BCUT2D eigenvalue weighted by atomic mass is 10.2. The molecule has 0 fully saturated rings. The Morgan fingerprint density at radius 1 is 1.43 bits per heavy atom. The molecular formula is C15H19N5O2S. The highest BCUT2D eigenvalue weighted by Gasteiger charge is 2.11. The van der Waals surface area contributed by atoms with Crippen molar-refractivity contribution in [1.82, 2.24) is 14.7 Å². The quantitative estimate of drug-likeness (QED) is 0.515. The number of nitrogens with zero attached hydrogens (tertiary/aromatic N) is 4. The van der Waals surface area contributed by atoms with E-state index in [9.17, 15) is 10.1 Å². The number of hydrogen-bond donors (Lipinski definition) is 1. The highest BCUT2D eigenvalue weighted by Crippen LogP contribution is 2.16. The molecule has 2 aromatic rings. The minimum Gasteiger partial charge on any atom is -0.348 e. The SMILES string of the molecule is CCn1cc(CN(C)C(=S)Nc2ccc([N+](=O)[O-])cc2)c(C)n1. The number of non-ortho nitro benzene ring substituents is 1. The van der Waals surface area contributed by atoms with E-state index in [1.54, 1.807) is 12.1 Å². The van der Waals surface area contributed by atoms with Gasteiger partial charge in [-0.2, -0.15) is 5.10 Å². The first-order valence-corrected chi connectivity index (χ1v) is 7.61. The monoisotopic (exact) mass is 333 g/mol. The summed E-state index contributed by atoms with van der Waals surface area (Å²) >= 11 is 5.37. The number of benzene rings is 1. The van der Waals surface area contributed by atoms with Gasteiger partial charge < -0.3 is 10.2 Å². The molecule has 0 amide bonds. The van der Waals surface area contributed by atoms with Crippen LogP contribution in [-0.2, 0) is 13.1 Å². The van der Waals surface area contributed by atoms with Crippen LogP contribution in [0.4, 0.5) is 11.4 Å². The lowest BCUT2D eigenvalue weighted by molar-refractivity contribution is -0.384. The van der Waals surface area contributed by atoms with Crippen molar-refractivity contribution in [3.05, 3.63) is 51.8 Å². The van der Waals surface area contributed by atoms with Crippen LogP contribution >= 0.6 is 12.2 Å². The zero-order valence-electron chi connectivity index (χ0n) is 13.3. The third kappa shape index (κ3) is 4.26. The van der Waals surface area contributed by atoms with Gasteiger partial charge in [-0.25, -0.2) is 0 Å². The zero-order valence-corrected chi connectivity index (χ0v) is 14.1. The number of thiocarbonyl (C=S) groups is 1. The van der Waals surface area contributed by atoms with Gasteiger partial charge in [0.2, 0.25) is 0 Å². The normalized spacial score (nSPS) is 10.4. The molecule has 0 saturated heterocycles. The number of nitro groups is 1. The minimum atomic E-state index is -0.428. The van der Waals surface area contributed by atoms with Crippen LogP contribution in [0.2, 0.25) is 0 Å². The molecule has 0 saturated carbocycles. The number of anilines is 1. The number of nitrogens with one attached hydrogen (secondary N) is 1. The standard InChI is InChI=1S/C15H19N5O2S/c1-4-19-10-12(11(2)17-19)9-18(3)15(23)16-13-5-7-14(8-6-13)20(21)22/h5-8,10H,4,9H2,1-3H3,(H,16,23). The zero-order chi connectivity index (χ0) is 17.0. The van der Waals surface area contributed by atoms with E-state index in [1.165, 1.54) is 12.1 Å². The van der Waals surface area contributed by atoms with Crippen molar-refractivity contribution in [2.24, 2.45) is 0 Å². The number of hydrogen-bond acceptors (Lipinski definition) is 4. The van der Waals surface area contributed by atoms with Gasteiger partial charge in [0.05, 0.1) is 10.6 Å². The molecule has 8 heteroatoms. The highest BCUT2D eigenvalue weighted by molar-refractivity contribution is 7.80. The van der Waals surface area contributed by atoms with Crippen LogP contribution in [0.25, 0.3) is 0 Å². The molecular weight excluding hydrogens is 314 g/mol. The van der Waals surface area contributed by atoms with E-state index in [-0.39, 0.29) is 5.69 Å². The van der Waals surface area contributed by atoms with E-state index in [0.29, 0.717) is 17.3 Å². The van der Waals surface area contributed by atoms with Crippen molar-refractivity contribution in [1.29, 1.82) is 0 Å². The fourth-order valence-electron chi connectivity index (χ4n) is 2.09. The van der Waals surface area contributed by atoms with Crippen molar-refractivity contribution in [3.63, 3.8) is 0 Å². The Bertz CT molecular complexity index is 711. The van der Waals surface area contributed by atoms with Crippen LogP contribution in [-0.4, -0.2) is 31.8 Å². The third-order valence-corrected chi connectivity index (χ3v) is 3.87. The molecule has 1 aromatic carbocycles. The molecule has 122 valence electrons. The smallest absolute Gasteiger partial charge is 0.269 e. The predicted molar refractivity (Wildman–Crippen MR) is 93.4 cm³/mol. The summed E-state index contributed by atoms with van der Waals surface area (Å²) in [6.07, 6.45) is 2.01. The van der Waals surface area contributed by atoms with Crippen LogP contribution in [0.15, 0.2) is 30.5 Å². The van der Waals surface area contributed by atoms with Crippen molar-refractivity contribution in [3.8, 4) is 0 Å². The first-order chi connectivity index (χ1) is 10.9. The van der Waals surface area contributed by atoms with Crippen LogP contribution in [0.1, 0.15) is 18.2 Å². The molecule has 0 unspecified atom stereocenters. The first kappa shape index (κ1) is 16.9. The molecule has 1 N–H and O–H groups in total. The van der Waals surface area contributed by atoms with Gasteiger partial charge in [-0.15, -0.1) is 0 Å². The predicted octanol–water partition coefficient (Wildman–Crippen LogP) is 2.95. The Morgan fingerprint density at radius 3 is 2.61 bits per heavy atom. The van der Waals surface area contributed by atoms with Crippen molar-refractivity contribution < 1.29 is 4.92 Å². The summed E-state index contributed by atoms with van der Waals surface area (Å²) in [6.45, 7) is 5.49. The lowest BCUT2D eigenvalue weighted by Gasteiger charge is -2.20. The fourth-order valence-corrected chi connectivity index (χ4v) is 2.27. The molecule has 0 bridgehead atoms.